The average Bonchev–Trinajstić information content (AvgIpc) is 3.44. The van der Waals surface area contributed by atoms with Crippen LogP contribution in [-0.2, 0) is 9.59 Å². The maximum absolute atomic E-state index is 12.6. The van der Waals surface area contributed by atoms with Crippen LogP contribution < -0.4 is 15.4 Å². The van der Waals surface area contributed by atoms with Gasteiger partial charge < -0.3 is 15.4 Å². The SMILES string of the molecule is CCCCOc1ccccc1NC(=O)C(=O)NC(c1ccccc1)C1CC1C. The predicted octanol–water partition coefficient (Wildman–Crippen LogP) is 4.32. The zero-order chi connectivity index (χ0) is 19.9. The van der Waals surface area contributed by atoms with Crippen molar-refractivity contribution in [1.82, 2.24) is 5.32 Å². The van der Waals surface area contributed by atoms with E-state index in [1.54, 1.807) is 18.2 Å². The van der Waals surface area contributed by atoms with E-state index in [0.29, 0.717) is 29.9 Å². The van der Waals surface area contributed by atoms with Crippen molar-refractivity contribution in [3.8, 4) is 5.75 Å². The van der Waals surface area contributed by atoms with E-state index in [4.69, 9.17) is 4.74 Å². The lowest BCUT2D eigenvalue weighted by Crippen LogP contribution is -2.38. The molecule has 5 nitrogen and oxygen atoms in total. The lowest BCUT2D eigenvalue weighted by Gasteiger charge is -2.19. The summed E-state index contributed by atoms with van der Waals surface area (Å²) in [4.78, 5) is 25.1. The summed E-state index contributed by atoms with van der Waals surface area (Å²) in [6.45, 7) is 4.83. The van der Waals surface area contributed by atoms with E-state index in [2.05, 4.69) is 24.5 Å². The third-order valence-corrected chi connectivity index (χ3v) is 5.14. The van der Waals surface area contributed by atoms with E-state index in [0.717, 1.165) is 24.8 Å². The van der Waals surface area contributed by atoms with Gasteiger partial charge in [0, 0.05) is 0 Å². The van der Waals surface area contributed by atoms with Crippen molar-refractivity contribution in [2.75, 3.05) is 11.9 Å². The molecule has 2 amide bonds. The van der Waals surface area contributed by atoms with Crippen LogP contribution in [0.4, 0.5) is 5.69 Å². The fourth-order valence-corrected chi connectivity index (χ4v) is 3.32. The molecule has 1 fully saturated rings. The summed E-state index contributed by atoms with van der Waals surface area (Å²) in [7, 11) is 0. The number of rotatable bonds is 8. The van der Waals surface area contributed by atoms with E-state index in [-0.39, 0.29) is 6.04 Å². The fourth-order valence-electron chi connectivity index (χ4n) is 3.32. The van der Waals surface area contributed by atoms with Crippen LogP contribution in [0.1, 0.15) is 44.7 Å². The number of carbonyl (C=O) groups is 2. The number of para-hydroxylation sites is 2. The average molecular weight is 380 g/mol. The van der Waals surface area contributed by atoms with Crippen molar-refractivity contribution in [1.29, 1.82) is 0 Å². The molecular weight excluding hydrogens is 352 g/mol. The van der Waals surface area contributed by atoms with Gasteiger partial charge in [0.1, 0.15) is 5.75 Å². The number of hydrogen-bond donors (Lipinski definition) is 2. The van der Waals surface area contributed by atoms with Gasteiger partial charge in [0.25, 0.3) is 0 Å². The first-order valence-electron chi connectivity index (χ1n) is 9.98. The number of hydrogen-bond acceptors (Lipinski definition) is 3. The highest BCUT2D eigenvalue weighted by atomic mass is 16.5. The van der Waals surface area contributed by atoms with Crippen molar-refractivity contribution in [2.45, 2.75) is 39.2 Å². The Kier molecular flexibility index (Phi) is 6.69. The molecule has 0 bridgehead atoms. The van der Waals surface area contributed by atoms with Crippen molar-refractivity contribution < 1.29 is 14.3 Å². The molecule has 1 aliphatic carbocycles. The molecule has 2 N–H and O–H groups in total. The minimum atomic E-state index is -0.680. The summed E-state index contributed by atoms with van der Waals surface area (Å²) >= 11 is 0. The van der Waals surface area contributed by atoms with Crippen LogP contribution in [0.5, 0.6) is 5.75 Å². The summed E-state index contributed by atoms with van der Waals surface area (Å²) in [5, 5.41) is 5.61. The van der Waals surface area contributed by atoms with Gasteiger partial charge in [0.15, 0.2) is 0 Å². The predicted molar refractivity (Wildman–Crippen MR) is 110 cm³/mol. The van der Waals surface area contributed by atoms with Gasteiger partial charge in [-0.15, -0.1) is 0 Å². The van der Waals surface area contributed by atoms with Crippen LogP contribution in [-0.4, -0.2) is 18.4 Å². The summed E-state index contributed by atoms with van der Waals surface area (Å²) in [6.07, 6.45) is 3.01. The Labute approximate surface area is 166 Å². The first-order chi connectivity index (χ1) is 13.6. The minimum absolute atomic E-state index is 0.148. The first kappa shape index (κ1) is 19.9. The monoisotopic (exact) mass is 380 g/mol. The van der Waals surface area contributed by atoms with Crippen LogP contribution >= 0.6 is 0 Å². The zero-order valence-electron chi connectivity index (χ0n) is 16.5. The third kappa shape index (κ3) is 5.12. The van der Waals surface area contributed by atoms with E-state index in [1.165, 1.54) is 0 Å². The van der Waals surface area contributed by atoms with Gasteiger partial charge in [-0.05, 0) is 42.4 Å². The highest BCUT2D eigenvalue weighted by Gasteiger charge is 2.41. The molecule has 3 atom stereocenters. The Bertz CT molecular complexity index is 807. The lowest BCUT2D eigenvalue weighted by atomic mass is 10.0. The molecule has 3 unspecified atom stereocenters. The van der Waals surface area contributed by atoms with E-state index in [9.17, 15) is 9.59 Å². The van der Waals surface area contributed by atoms with Gasteiger partial charge in [-0.25, -0.2) is 0 Å². The van der Waals surface area contributed by atoms with E-state index < -0.39 is 11.8 Å². The Balaban J connectivity index is 1.65. The van der Waals surface area contributed by atoms with Crippen molar-refractivity contribution in [2.24, 2.45) is 11.8 Å². The van der Waals surface area contributed by atoms with Crippen molar-refractivity contribution in [3.05, 3.63) is 60.2 Å². The standard InChI is InChI=1S/C23H28N2O3/c1-3-4-14-28-20-13-9-8-12-19(20)24-22(26)23(27)25-21(18-15-16(18)2)17-10-6-5-7-11-17/h5-13,16,18,21H,3-4,14-15H2,1-2H3,(H,24,26)(H,25,27). The molecule has 5 heteroatoms. The molecule has 3 rings (SSSR count). The second kappa shape index (κ2) is 9.40. The number of anilines is 1. The fraction of sp³-hybridized carbons (Fsp3) is 0.391. The Morgan fingerprint density at radius 1 is 1.07 bits per heavy atom. The van der Waals surface area contributed by atoms with Crippen molar-refractivity contribution >= 4 is 17.5 Å². The van der Waals surface area contributed by atoms with Gasteiger partial charge in [0.05, 0.1) is 18.3 Å². The zero-order valence-corrected chi connectivity index (χ0v) is 16.5. The number of amides is 2. The summed E-state index contributed by atoms with van der Waals surface area (Å²) in [6, 6.07) is 16.9. The molecule has 28 heavy (non-hydrogen) atoms. The molecule has 148 valence electrons. The number of unbranched alkanes of at least 4 members (excludes halogenated alkanes) is 1. The number of nitrogens with one attached hydrogen (secondary N) is 2. The van der Waals surface area contributed by atoms with Gasteiger partial charge in [-0.1, -0.05) is 62.7 Å². The minimum Gasteiger partial charge on any atom is -0.491 e. The van der Waals surface area contributed by atoms with Crippen LogP contribution in [0.15, 0.2) is 54.6 Å². The second-order valence-corrected chi connectivity index (χ2v) is 7.39. The maximum atomic E-state index is 12.6. The molecule has 0 heterocycles. The number of benzene rings is 2. The topological polar surface area (TPSA) is 67.4 Å². The first-order valence-corrected chi connectivity index (χ1v) is 9.98. The summed E-state index contributed by atoms with van der Waals surface area (Å²) < 4.78 is 5.72. The quantitative estimate of drug-likeness (QED) is 0.529. The van der Waals surface area contributed by atoms with E-state index in [1.807, 2.05) is 36.4 Å². The summed E-state index contributed by atoms with van der Waals surface area (Å²) in [5.41, 5.74) is 1.54. The highest BCUT2D eigenvalue weighted by Crippen LogP contribution is 2.46. The van der Waals surface area contributed by atoms with Gasteiger partial charge >= 0.3 is 11.8 Å². The maximum Gasteiger partial charge on any atom is 0.313 e. The number of ether oxygens (including phenoxy) is 1. The molecule has 1 saturated carbocycles. The van der Waals surface area contributed by atoms with Crippen LogP contribution in [0.25, 0.3) is 0 Å². The highest BCUT2D eigenvalue weighted by molar-refractivity contribution is 6.39. The molecule has 0 saturated heterocycles. The number of carbonyl (C=O) groups excluding carboxylic acids is 2. The third-order valence-electron chi connectivity index (χ3n) is 5.14. The molecule has 0 aromatic heterocycles. The molecule has 0 aliphatic heterocycles. The van der Waals surface area contributed by atoms with Gasteiger partial charge in [0.2, 0.25) is 0 Å². The molecule has 2 aromatic carbocycles. The van der Waals surface area contributed by atoms with Crippen LogP contribution in [0, 0.1) is 11.8 Å². The van der Waals surface area contributed by atoms with Crippen LogP contribution in [0.2, 0.25) is 0 Å². The Morgan fingerprint density at radius 3 is 2.43 bits per heavy atom. The van der Waals surface area contributed by atoms with Gasteiger partial charge in [-0.2, -0.15) is 0 Å². The summed E-state index contributed by atoms with van der Waals surface area (Å²) in [5.74, 6) is 0.176. The Morgan fingerprint density at radius 2 is 1.75 bits per heavy atom. The van der Waals surface area contributed by atoms with E-state index >= 15 is 0 Å². The Hall–Kier alpha value is -2.82. The molecule has 1 aliphatic rings. The van der Waals surface area contributed by atoms with Crippen LogP contribution in [0.3, 0.4) is 0 Å². The smallest absolute Gasteiger partial charge is 0.313 e. The molecule has 0 spiro atoms. The normalized spacial score (nSPS) is 18.8. The van der Waals surface area contributed by atoms with Crippen molar-refractivity contribution in [3.63, 3.8) is 0 Å². The largest absolute Gasteiger partial charge is 0.491 e. The second-order valence-electron chi connectivity index (χ2n) is 7.39. The lowest BCUT2D eigenvalue weighted by molar-refractivity contribution is -0.136. The van der Waals surface area contributed by atoms with Gasteiger partial charge in [-0.3, -0.25) is 9.59 Å². The molecule has 2 aromatic rings. The molecular formula is C23H28N2O3. The molecule has 0 radical (unpaired) electrons.